The maximum atomic E-state index is 5.69. The molecular weight excluding hydrogens is 292 g/mol. The average molecular weight is 322 g/mol. The largest absolute Gasteiger partial charge is 0.496 e. The van der Waals surface area contributed by atoms with Crippen LogP contribution in [0, 0.1) is 5.41 Å². The van der Waals surface area contributed by atoms with Gasteiger partial charge in [0.15, 0.2) is 0 Å². The molecule has 1 atom stereocenters. The molecule has 0 saturated carbocycles. The Morgan fingerprint density at radius 3 is 1.87 bits per heavy atom. The average Bonchev–Trinajstić information content (AvgIpc) is 2.54. The summed E-state index contributed by atoms with van der Waals surface area (Å²) >= 11 is 0. The normalized spacial score (nSPS) is 17.7. The third-order valence-electron chi connectivity index (χ3n) is 4.36. The number of nitrogens with one attached hydrogen (secondary N) is 1. The first-order chi connectivity index (χ1) is 10.9. The summed E-state index contributed by atoms with van der Waals surface area (Å²) in [6.45, 7) is 10.8. The van der Waals surface area contributed by atoms with Crippen LogP contribution < -0.4 is 19.5 Å². The Kier molecular flexibility index (Phi) is 5.76. The lowest BCUT2D eigenvalue weighted by Crippen LogP contribution is -2.48. The number of hydrogen-bond acceptors (Lipinski definition) is 5. The van der Waals surface area contributed by atoms with E-state index in [4.69, 9.17) is 14.2 Å². The van der Waals surface area contributed by atoms with Crippen molar-refractivity contribution in [2.24, 2.45) is 5.41 Å². The van der Waals surface area contributed by atoms with Crippen LogP contribution in [-0.4, -0.2) is 52.4 Å². The van der Waals surface area contributed by atoms with Gasteiger partial charge < -0.3 is 19.5 Å². The van der Waals surface area contributed by atoms with Gasteiger partial charge in [0.25, 0.3) is 0 Å². The molecule has 1 aromatic rings. The number of methoxy groups -OCH3 is 3. The Balaban J connectivity index is 2.56. The summed E-state index contributed by atoms with van der Waals surface area (Å²) in [5.74, 6) is 2.38. The molecule has 5 nitrogen and oxygen atoms in total. The highest BCUT2D eigenvalue weighted by atomic mass is 16.5. The third-order valence-corrected chi connectivity index (χ3v) is 4.36. The Labute approximate surface area is 139 Å². The summed E-state index contributed by atoms with van der Waals surface area (Å²) in [7, 11) is 5.07. The fourth-order valence-electron chi connectivity index (χ4n) is 3.41. The molecule has 0 aliphatic carbocycles. The lowest BCUT2D eigenvalue weighted by molar-refractivity contribution is 0.0819. The Morgan fingerprint density at radius 1 is 0.957 bits per heavy atom. The van der Waals surface area contributed by atoms with Crippen LogP contribution in [0.2, 0.25) is 0 Å². The quantitative estimate of drug-likeness (QED) is 0.903. The predicted octanol–water partition coefficient (Wildman–Crippen LogP) is 2.70. The summed E-state index contributed by atoms with van der Waals surface area (Å²) in [4.78, 5) is 2.52. The van der Waals surface area contributed by atoms with E-state index in [-0.39, 0.29) is 11.5 Å². The van der Waals surface area contributed by atoms with Gasteiger partial charge in [-0.1, -0.05) is 20.8 Å². The van der Waals surface area contributed by atoms with Crippen molar-refractivity contribution in [2.75, 3.05) is 47.5 Å². The van der Waals surface area contributed by atoms with Crippen LogP contribution in [0.15, 0.2) is 12.1 Å². The molecule has 130 valence electrons. The highest BCUT2D eigenvalue weighted by molar-refractivity contribution is 5.53. The number of hydrogen-bond donors (Lipinski definition) is 1. The van der Waals surface area contributed by atoms with Crippen molar-refractivity contribution in [3.8, 4) is 17.2 Å². The van der Waals surface area contributed by atoms with Gasteiger partial charge in [0.05, 0.1) is 26.9 Å². The molecule has 1 aliphatic rings. The van der Waals surface area contributed by atoms with E-state index < -0.39 is 0 Å². The lowest BCUT2D eigenvalue weighted by Gasteiger charge is -2.43. The van der Waals surface area contributed by atoms with Crippen molar-refractivity contribution in [3.63, 3.8) is 0 Å². The zero-order chi connectivity index (χ0) is 17.0. The number of benzene rings is 1. The van der Waals surface area contributed by atoms with Gasteiger partial charge in [-0.05, 0) is 5.41 Å². The summed E-state index contributed by atoms with van der Waals surface area (Å²) in [6, 6.07) is 4.10. The molecule has 1 saturated heterocycles. The topological polar surface area (TPSA) is 43.0 Å². The first-order valence-corrected chi connectivity index (χ1v) is 8.17. The van der Waals surface area contributed by atoms with E-state index >= 15 is 0 Å². The van der Waals surface area contributed by atoms with E-state index in [1.54, 1.807) is 21.3 Å². The van der Waals surface area contributed by atoms with Crippen molar-refractivity contribution < 1.29 is 14.2 Å². The Bertz CT molecular complexity index is 494. The Morgan fingerprint density at radius 2 is 1.48 bits per heavy atom. The molecule has 1 heterocycles. The van der Waals surface area contributed by atoms with Crippen LogP contribution in [-0.2, 0) is 0 Å². The first kappa shape index (κ1) is 17.9. The second-order valence-corrected chi connectivity index (χ2v) is 7.00. The molecule has 0 bridgehead atoms. The summed E-state index contributed by atoms with van der Waals surface area (Å²) in [5.41, 5.74) is 1.15. The maximum absolute atomic E-state index is 5.69. The molecule has 0 radical (unpaired) electrons. The van der Waals surface area contributed by atoms with Crippen molar-refractivity contribution >= 4 is 0 Å². The van der Waals surface area contributed by atoms with Gasteiger partial charge in [0.2, 0.25) is 0 Å². The second-order valence-electron chi connectivity index (χ2n) is 7.00. The van der Waals surface area contributed by atoms with E-state index in [9.17, 15) is 0 Å². The molecule has 1 aromatic carbocycles. The van der Waals surface area contributed by atoms with Crippen molar-refractivity contribution in [3.05, 3.63) is 17.7 Å². The first-order valence-electron chi connectivity index (χ1n) is 8.17. The molecular formula is C18H30N2O3. The van der Waals surface area contributed by atoms with Gasteiger partial charge in [0.1, 0.15) is 17.2 Å². The second kappa shape index (κ2) is 7.41. The summed E-state index contributed by atoms with van der Waals surface area (Å²) in [6.07, 6.45) is 0. The predicted molar refractivity (Wildman–Crippen MR) is 92.7 cm³/mol. The molecule has 1 N–H and O–H groups in total. The molecule has 0 amide bonds. The van der Waals surface area contributed by atoms with Gasteiger partial charge in [-0.3, -0.25) is 4.90 Å². The highest BCUT2D eigenvalue weighted by Crippen LogP contribution is 2.47. The zero-order valence-corrected chi connectivity index (χ0v) is 15.2. The van der Waals surface area contributed by atoms with Gasteiger partial charge in [-0.2, -0.15) is 0 Å². The van der Waals surface area contributed by atoms with Crippen molar-refractivity contribution in [1.29, 1.82) is 0 Å². The van der Waals surface area contributed by atoms with E-state index in [1.165, 1.54) is 0 Å². The minimum Gasteiger partial charge on any atom is -0.496 e. The molecule has 0 aromatic heterocycles. The molecule has 2 rings (SSSR count). The Hall–Kier alpha value is -1.46. The van der Waals surface area contributed by atoms with Crippen LogP contribution in [0.4, 0.5) is 0 Å². The number of piperazine rings is 1. The van der Waals surface area contributed by atoms with Crippen LogP contribution >= 0.6 is 0 Å². The van der Waals surface area contributed by atoms with E-state index in [0.717, 1.165) is 49.0 Å². The van der Waals surface area contributed by atoms with Crippen LogP contribution in [0.5, 0.6) is 17.2 Å². The minimum atomic E-state index is 0.0481. The van der Waals surface area contributed by atoms with Crippen molar-refractivity contribution in [2.45, 2.75) is 26.8 Å². The standard InChI is InChI=1S/C18H30N2O3/c1-18(2,3)17(20-9-7-19-8-10-20)16-14(22-5)11-13(21-4)12-15(16)23-6/h11-12,17,19H,7-10H2,1-6H3/t17-/m0/s1. The summed E-state index contributed by atoms with van der Waals surface area (Å²) < 4.78 is 16.8. The van der Waals surface area contributed by atoms with Gasteiger partial charge in [0, 0.05) is 44.4 Å². The third kappa shape index (κ3) is 3.90. The SMILES string of the molecule is COc1cc(OC)c([C@H](N2CCNCC2)C(C)(C)C)c(OC)c1. The molecule has 0 unspecified atom stereocenters. The maximum Gasteiger partial charge on any atom is 0.131 e. The van der Waals surface area contributed by atoms with Crippen LogP contribution in [0.3, 0.4) is 0 Å². The van der Waals surface area contributed by atoms with Gasteiger partial charge >= 0.3 is 0 Å². The molecule has 1 aliphatic heterocycles. The zero-order valence-electron chi connectivity index (χ0n) is 15.2. The number of ether oxygens (including phenoxy) is 3. The fourth-order valence-corrected chi connectivity index (χ4v) is 3.41. The van der Waals surface area contributed by atoms with Gasteiger partial charge in [-0.15, -0.1) is 0 Å². The lowest BCUT2D eigenvalue weighted by atomic mass is 9.80. The fraction of sp³-hybridized carbons (Fsp3) is 0.667. The highest BCUT2D eigenvalue weighted by Gasteiger charge is 2.37. The summed E-state index contributed by atoms with van der Waals surface area (Å²) in [5, 5.41) is 3.42. The molecule has 0 spiro atoms. The van der Waals surface area contributed by atoms with Crippen molar-refractivity contribution in [1.82, 2.24) is 10.2 Å². The molecule has 23 heavy (non-hydrogen) atoms. The van der Waals surface area contributed by atoms with Gasteiger partial charge in [-0.25, -0.2) is 0 Å². The number of rotatable bonds is 5. The molecule has 5 heteroatoms. The van der Waals surface area contributed by atoms with E-state index in [1.807, 2.05) is 12.1 Å². The molecule has 1 fully saturated rings. The van der Waals surface area contributed by atoms with E-state index in [2.05, 4.69) is 31.0 Å². The minimum absolute atomic E-state index is 0.0481. The smallest absolute Gasteiger partial charge is 0.131 e. The number of nitrogens with zero attached hydrogens (tertiary/aromatic N) is 1. The van der Waals surface area contributed by atoms with Crippen LogP contribution in [0.25, 0.3) is 0 Å². The van der Waals surface area contributed by atoms with Crippen LogP contribution in [0.1, 0.15) is 32.4 Å². The van der Waals surface area contributed by atoms with E-state index in [0.29, 0.717) is 0 Å². The monoisotopic (exact) mass is 322 g/mol.